The van der Waals surface area contributed by atoms with E-state index in [-0.39, 0.29) is 5.91 Å². The highest BCUT2D eigenvalue weighted by Gasteiger charge is 2.19. The minimum atomic E-state index is -0.150. The number of pyridine rings is 1. The fraction of sp³-hybridized carbons (Fsp3) is 0.333. The number of nitrogens with one attached hydrogen (secondary N) is 2. The maximum absolute atomic E-state index is 12.5. The fourth-order valence-corrected chi connectivity index (χ4v) is 3.22. The Labute approximate surface area is 139 Å². The van der Waals surface area contributed by atoms with Crippen LogP contribution in [0, 0.1) is 6.92 Å². The largest absolute Gasteiger partial charge is 0.381 e. The third-order valence-electron chi connectivity index (χ3n) is 4.61. The summed E-state index contributed by atoms with van der Waals surface area (Å²) in [5.74, 6) is 0.841. The van der Waals surface area contributed by atoms with E-state index in [9.17, 15) is 4.79 Å². The van der Waals surface area contributed by atoms with Gasteiger partial charge < -0.3 is 14.5 Å². The number of aromatic nitrogens is 3. The Morgan fingerprint density at radius 2 is 2.21 bits per heavy atom. The number of hydrogen-bond donors (Lipinski definition) is 2. The Kier molecular flexibility index (Phi) is 3.82. The number of nitrogens with zero attached hydrogens (tertiary/aromatic N) is 2. The standard InChI is InChI=1S/C18H20N4O2/c1-12-3-2-6-22-11-14(9-16(12)22)18(23)19-17-10-15(20-21-17)13-4-7-24-8-5-13/h2-3,6,9-11,13H,4-5,7-8H2,1H3,(H2,19,20,21,23). The SMILES string of the molecule is Cc1cccn2cc(C(=O)Nc3cc(C4CCOCC4)[nH]n3)cc12. The lowest BCUT2D eigenvalue weighted by Gasteiger charge is -2.20. The predicted molar refractivity (Wildman–Crippen MR) is 91.5 cm³/mol. The van der Waals surface area contributed by atoms with E-state index in [0.717, 1.165) is 42.8 Å². The lowest BCUT2D eigenvalue weighted by Crippen LogP contribution is -2.14. The van der Waals surface area contributed by atoms with Crippen LogP contribution in [0.2, 0.25) is 0 Å². The number of rotatable bonds is 3. The average Bonchev–Trinajstić information content (AvgIpc) is 3.23. The minimum absolute atomic E-state index is 0.150. The van der Waals surface area contributed by atoms with Gasteiger partial charge in [0.25, 0.3) is 5.91 Å². The lowest BCUT2D eigenvalue weighted by atomic mass is 9.97. The molecule has 6 nitrogen and oxygen atoms in total. The van der Waals surface area contributed by atoms with Crippen LogP contribution in [0.3, 0.4) is 0 Å². The lowest BCUT2D eigenvalue weighted by molar-refractivity contribution is 0.0845. The van der Waals surface area contributed by atoms with Gasteiger partial charge in [0.15, 0.2) is 5.82 Å². The number of aromatic amines is 1. The predicted octanol–water partition coefficient (Wildman–Crippen LogP) is 3.12. The van der Waals surface area contributed by atoms with E-state index in [4.69, 9.17) is 4.74 Å². The van der Waals surface area contributed by atoms with Crippen LogP contribution >= 0.6 is 0 Å². The molecule has 2 N–H and O–H groups in total. The molecule has 1 saturated heterocycles. The van der Waals surface area contributed by atoms with Gasteiger partial charge in [0.05, 0.1) is 5.56 Å². The Bertz CT molecular complexity index is 874. The highest BCUT2D eigenvalue weighted by atomic mass is 16.5. The Morgan fingerprint density at radius 1 is 1.38 bits per heavy atom. The van der Waals surface area contributed by atoms with Crippen LogP contribution in [0.4, 0.5) is 5.82 Å². The van der Waals surface area contributed by atoms with Crippen molar-refractivity contribution in [1.29, 1.82) is 0 Å². The Hall–Kier alpha value is -2.60. The minimum Gasteiger partial charge on any atom is -0.381 e. The van der Waals surface area contributed by atoms with Gasteiger partial charge in [0.2, 0.25) is 0 Å². The normalized spacial score (nSPS) is 15.7. The van der Waals surface area contributed by atoms with E-state index in [1.165, 1.54) is 0 Å². The zero-order valence-corrected chi connectivity index (χ0v) is 13.6. The summed E-state index contributed by atoms with van der Waals surface area (Å²) in [6, 6.07) is 7.83. The number of amides is 1. The van der Waals surface area contributed by atoms with Crippen molar-refractivity contribution in [2.24, 2.45) is 0 Å². The first kappa shape index (κ1) is 15.0. The molecule has 0 spiro atoms. The number of ether oxygens (including phenoxy) is 1. The monoisotopic (exact) mass is 324 g/mol. The van der Waals surface area contributed by atoms with Crippen molar-refractivity contribution >= 4 is 17.2 Å². The van der Waals surface area contributed by atoms with Crippen molar-refractivity contribution in [3.8, 4) is 0 Å². The molecule has 24 heavy (non-hydrogen) atoms. The summed E-state index contributed by atoms with van der Waals surface area (Å²) in [6.45, 7) is 3.59. The summed E-state index contributed by atoms with van der Waals surface area (Å²) in [7, 11) is 0. The maximum Gasteiger partial charge on any atom is 0.258 e. The molecule has 6 heteroatoms. The van der Waals surface area contributed by atoms with Crippen LogP contribution in [0.1, 0.15) is 40.4 Å². The third kappa shape index (κ3) is 2.80. The van der Waals surface area contributed by atoms with Crippen molar-refractivity contribution in [2.45, 2.75) is 25.7 Å². The molecule has 0 saturated carbocycles. The first-order valence-electron chi connectivity index (χ1n) is 8.22. The van der Waals surface area contributed by atoms with Crippen molar-refractivity contribution in [3.05, 3.63) is 53.5 Å². The highest BCUT2D eigenvalue weighted by molar-refractivity contribution is 6.04. The number of fused-ring (bicyclic) bond motifs is 1. The third-order valence-corrected chi connectivity index (χ3v) is 4.61. The molecule has 1 aliphatic heterocycles. The van der Waals surface area contributed by atoms with Crippen LogP contribution in [-0.2, 0) is 4.74 Å². The molecule has 0 radical (unpaired) electrons. The molecule has 0 aromatic carbocycles. The van der Waals surface area contributed by atoms with Gasteiger partial charge in [-0.05, 0) is 37.5 Å². The zero-order chi connectivity index (χ0) is 16.5. The summed E-state index contributed by atoms with van der Waals surface area (Å²) in [4.78, 5) is 12.5. The molecule has 3 aromatic heterocycles. The molecule has 1 fully saturated rings. The molecule has 4 rings (SSSR count). The first-order valence-corrected chi connectivity index (χ1v) is 8.22. The van der Waals surface area contributed by atoms with E-state index in [2.05, 4.69) is 15.5 Å². The number of H-pyrrole nitrogens is 1. The molecular weight excluding hydrogens is 304 g/mol. The second-order valence-electron chi connectivity index (χ2n) is 6.26. The van der Waals surface area contributed by atoms with Crippen molar-refractivity contribution in [3.63, 3.8) is 0 Å². The van der Waals surface area contributed by atoms with Gasteiger partial charge in [-0.15, -0.1) is 0 Å². The second-order valence-corrected chi connectivity index (χ2v) is 6.26. The molecule has 1 amide bonds. The molecule has 1 aliphatic rings. The summed E-state index contributed by atoms with van der Waals surface area (Å²) in [6.07, 6.45) is 5.75. The molecule has 3 aromatic rings. The van der Waals surface area contributed by atoms with Gasteiger partial charge >= 0.3 is 0 Å². The molecule has 0 unspecified atom stereocenters. The summed E-state index contributed by atoms with van der Waals surface area (Å²) in [5.41, 5.74) is 3.86. The van der Waals surface area contributed by atoms with Crippen LogP contribution in [0.5, 0.6) is 0 Å². The van der Waals surface area contributed by atoms with E-state index in [0.29, 0.717) is 17.3 Å². The molecule has 124 valence electrons. The van der Waals surface area contributed by atoms with Gasteiger partial charge in [-0.2, -0.15) is 5.10 Å². The van der Waals surface area contributed by atoms with Crippen LogP contribution in [0.25, 0.3) is 5.52 Å². The van der Waals surface area contributed by atoms with E-state index in [1.54, 1.807) is 0 Å². The van der Waals surface area contributed by atoms with E-state index >= 15 is 0 Å². The van der Waals surface area contributed by atoms with Crippen molar-refractivity contribution in [1.82, 2.24) is 14.6 Å². The number of anilines is 1. The number of carbonyl (C=O) groups excluding carboxylic acids is 1. The Balaban J connectivity index is 1.51. The summed E-state index contributed by atoms with van der Waals surface area (Å²) < 4.78 is 7.34. The molecular formula is C18H20N4O2. The number of hydrogen-bond acceptors (Lipinski definition) is 3. The van der Waals surface area contributed by atoms with E-state index in [1.807, 2.05) is 48.0 Å². The van der Waals surface area contributed by atoms with E-state index < -0.39 is 0 Å². The van der Waals surface area contributed by atoms with Crippen LogP contribution < -0.4 is 5.32 Å². The molecule has 0 atom stereocenters. The summed E-state index contributed by atoms with van der Waals surface area (Å²) >= 11 is 0. The number of carbonyl (C=O) groups is 1. The van der Waals surface area contributed by atoms with Crippen LogP contribution in [0.15, 0.2) is 36.7 Å². The van der Waals surface area contributed by atoms with Gasteiger partial charge in [0, 0.05) is 48.8 Å². The fourth-order valence-electron chi connectivity index (χ4n) is 3.22. The smallest absolute Gasteiger partial charge is 0.258 e. The molecule has 4 heterocycles. The first-order chi connectivity index (χ1) is 11.7. The number of aryl methyl sites for hydroxylation is 1. The van der Waals surface area contributed by atoms with Gasteiger partial charge in [0.1, 0.15) is 0 Å². The zero-order valence-electron chi connectivity index (χ0n) is 13.6. The van der Waals surface area contributed by atoms with Crippen molar-refractivity contribution in [2.75, 3.05) is 18.5 Å². The van der Waals surface area contributed by atoms with Gasteiger partial charge in [-0.25, -0.2) is 0 Å². The quantitative estimate of drug-likeness (QED) is 0.777. The van der Waals surface area contributed by atoms with Gasteiger partial charge in [-0.3, -0.25) is 9.89 Å². The van der Waals surface area contributed by atoms with Crippen molar-refractivity contribution < 1.29 is 9.53 Å². The topological polar surface area (TPSA) is 71.4 Å². The van der Waals surface area contributed by atoms with Gasteiger partial charge in [-0.1, -0.05) is 6.07 Å². The molecule has 0 bridgehead atoms. The second kappa shape index (κ2) is 6.13. The maximum atomic E-state index is 12.5. The summed E-state index contributed by atoms with van der Waals surface area (Å²) in [5, 5.41) is 10.1. The van der Waals surface area contributed by atoms with Crippen LogP contribution in [-0.4, -0.2) is 33.7 Å². The average molecular weight is 324 g/mol. The Morgan fingerprint density at radius 3 is 3.00 bits per heavy atom. The molecule has 0 aliphatic carbocycles. The highest BCUT2D eigenvalue weighted by Crippen LogP contribution is 2.26.